The van der Waals surface area contributed by atoms with Gasteiger partial charge in [-0.3, -0.25) is 0 Å². The summed E-state index contributed by atoms with van der Waals surface area (Å²) in [4.78, 5) is 10.5. The third-order valence-corrected chi connectivity index (χ3v) is 1.87. The van der Waals surface area contributed by atoms with Gasteiger partial charge in [0.25, 0.3) is 0 Å². The molecule has 3 nitrogen and oxygen atoms in total. The molecule has 0 radical (unpaired) electrons. The van der Waals surface area contributed by atoms with Gasteiger partial charge in [-0.2, -0.15) is 0 Å². The maximum Gasteiger partial charge on any atom is 0.515 e. The summed E-state index contributed by atoms with van der Waals surface area (Å²) in [7, 11) is 0. The first-order valence-corrected chi connectivity index (χ1v) is 7.43. The minimum Gasteiger partial charge on any atom is -0.382 e. The number of carbonyl (C=O) groups excluding carboxylic acids is 1. The van der Waals surface area contributed by atoms with E-state index in [9.17, 15) is 4.79 Å². The van der Waals surface area contributed by atoms with E-state index in [1.54, 1.807) is 0 Å². The van der Waals surface area contributed by atoms with E-state index < -0.39 is 14.1 Å². The fraction of sp³-hybridized carbons (Fsp3) is 0.875. The first-order chi connectivity index (χ1) is 8.02. The van der Waals surface area contributed by atoms with Gasteiger partial charge in [0.2, 0.25) is 0 Å². The Morgan fingerprint density at radius 3 is 1.50 bits per heavy atom. The van der Waals surface area contributed by atoms with Gasteiger partial charge >= 0.3 is 14.1 Å². The van der Waals surface area contributed by atoms with Crippen molar-refractivity contribution in [1.82, 2.24) is 0 Å². The number of alkyl halides is 7. The Kier molecular flexibility index (Phi) is 13.2. The minimum atomic E-state index is -2.24. The summed E-state index contributed by atoms with van der Waals surface area (Å²) in [6, 6.07) is 0. The van der Waals surface area contributed by atoms with E-state index in [1.165, 1.54) is 19.3 Å². The molecule has 0 aromatic rings. The van der Waals surface area contributed by atoms with Crippen LogP contribution in [0.4, 0.5) is 4.79 Å². The molecule has 10 heteroatoms. The van der Waals surface area contributed by atoms with E-state index in [4.69, 9.17) is 81.2 Å². The lowest BCUT2D eigenvalue weighted by molar-refractivity contribution is 0.0508. The summed E-state index contributed by atoms with van der Waals surface area (Å²) < 4.78 is 3.50. The SMILES string of the molecule is CCCCCCl.O=C(OC(Cl)(Cl)Cl)OC(Cl)(Cl)Cl. The molecule has 0 saturated carbocycles. The van der Waals surface area contributed by atoms with E-state index in [1.807, 2.05) is 0 Å². The highest BCUT2D eigenvalue weighted by molar-refractivity contribution is 6.67. The number of unbranched alkanes of at least 4 members (excludes halogenated alkanes) is 2. The van der Waals surface area contributed by atoms with Crippen LogP contribution in [-0.2, 0) is 9.47 Å². The van der Waals surface area contributed by atoms with Crippen LogP contribution in [0.25, 0.3) is 0 Å². The highest BCUT2D eigenvalue weighted by Crippen LogP contribution is 2.32. The molecule has 0 rings (SSSR count). The predicted octanol–water partition coefficient (Wildman–Crippen LogP) is 6.21. The van der Waals surface area contributed by atoms with Crippen molar-refractivity contribution >= 4 is 87.4 Å². The summed E-state index contributed by atoms with van der Waals surface area (Å²) in [6.45, 7) is 2.17. The molecule has 0 N–H and O–H groups in total. The fourth-order valence-corrected chi connectivity index (χ4v) is 1.12. The minimum absolute atomic E-state index is 0.827. The zero-order chi connectivity index (χ0) is 14.8. The smallest absolute Gasteiger partial charge is 0.382 e. The first kappa shape index (κ1) is 21.6. The number of carbonyl (C=O) groups is 1. The molecule has 0 atom stereocenters. The molecule has 0 aliphatic carbocycles. The van der Waals surface area contributed by atoms with Gasteiger partial charge in [0, 0.05) is 5.88 Å². The number of hydrogen-bond acceptors (Lipinski definition) is 3. The second-order valence-corrected chi connectivity index (χ2v) is 7.47. The highest BCUT2D eigenvalue weighted by Gasteiger charge is 2.32. The molecule has 0 bridgehead atoms. The van der Waals surface area contributed by atoms with Gasteiger partial charge in [0.15, 0.2) is 0 Å². The van der Waals surface area contributed by atoms with Gasteiger partial charge < -0.3 is 9.47 Å². The Hall–Kier alpha value is 1.30. The maximum atomic E-state index is 10.5. The van der Waals surface area contributed by atoms with Crippen molar-refractivity contribution in [2.45, 2.75) is 34.1 Å². The van der Waals surface area contributed by atoms with Crippen LogP contribution in [-0.4, -0.2) is 20.0 Å². The lowest BCUT2D eigenvalue weighted by atomic mass is 10.3. The molecule has 110 valence electrons. The molecule has 0 aromatic heterocycles. The Bertz CT molecular complexity index is 202. The number of halogens is 7. The predicted molar refractivity (Wildman–Crippen MR) is 78.4 cm³/mol. The van der Waals surface area contributed by atoms with Crippen molar-refractivity contribution in [2.24, 2.45) is 0 Å². The molecule has 0 fully saturated rings. The van der Waals surface area contributed by atoms with Crippen LogP contribution in [0.5, 0.6) is 0 Å². The van der Waals surface area contributed by atoms with Crippen LogP contribution in [0.2, 0.25) is 0 Å². The summed E-state index contributed by atoms with van der Waals surface area (Å²) in [5.74, 6) is 0.827. The van der Waals surface area contributed by atoms with Crippen LogP contribution in [0.1, 0.15) is 26.2 Å². The van der Waals surface area contributed by atoms with E-state index in [-0.39, 0.29) is 0 Å². The number of hydrogen-bond donors (Lipinski definition) is 0. The fourth-order valence-electron chi connectivity index (χ4n) is 0.554. The normalized spacial score (nSPS) is 11.3. The second-order valence-electron chi connectivity index (χ2n) is 2.74. The lowest BCUT2D eigenvalue weighted by Gasteiger charge is -2.15. The van der Waals surface area contributed by atoms with Crippen molar-refractivity contribution in [1.29, 1.82) is 0 Å². The first-order valence-electron chi connectivity index (χ1n) is 4.63. The van der Waals surface area contributed by atoms with Gasteiger partial charge in [-0.1, -0.05) is 19.8 Å². The molecule has 0 heterocycles. The van der Waals surface area contributed by atoms with Crippen LogP contribution >= 0.6 is 81.2 Å². The zero-order valence-corrected chi connectivity index (χ0v) is 14.5. The van der Waals surface area contributed by atoms with Gasteiger partial charge in [-0.15, -0.1) is 11.6 Å². The maximum absolute atomic E-state index is 10.5. The van der Waals surface area contributed by atoms with Crippen LogP contribution in [0, 0.1) is 0 Å². The van der Waals surface area contributed by atoms with Crippen molar-refractivity contribution in [3.63, 3.8) is 0 Å². The zero-order valence-electron chi connectivity index (χ0n) is 9.20. The van der Waals surface area contributed by atoms with Crippen molar-refractivity contribution in [3.05, 3.63) is 0 Å². The molecule has 0 aliphatic heterocycles. The number of rotatable bonds is 3. The molecule has 0 spiro atoms. The third-order valence-electron chi connectivity index (χ3n) is 1.14. The third kappa shape index (κ3) is 22.5. The van der Waals surface area contributed by atoms with E-state index >= 15 is 0 Å². The average molecular weight is 403 g/mol. The Balaban J connectivity index is 0. The summed E-state index contributed by atoms with van der Waals surface area (Å²) >= 11 is 35.6. The van der Waals surface area contributed by atoms with Crippen molar-refractivity contribution < 1.29 is 14.3 Å². The van der Waals surface area contributed by atoms with Gasteiger partial charge in [-0.05, 0) is 76.0 Å². The van der Waals surface area contributed by atoms with E-state index in [2.05, 4.69) is 16.4 Å². The molecule has 0 saturated heterocycles. The van der Waals surface area contributed by atoms with Crippen molar-refractivity contribution in [2.75, 3.05) is 5.88 Å². The summed E-state index contributed by atoms with van der Waals surface area (Å²) in [6.07, 6.45) is 2.32. The molecular formula is C8H11Cl7O3. The van der Waals surface area contributed by atoms with Gasteiger partial charge in [-0.25, -0.2) is 4.79 Å². The molecule has 0 aromatic carbocycles. The quantitative estimate of drug-likeness (QED) is 0.319. The van der Waals surface area contributed by atoms with Crippen LogP contribution < -0.4 is 0 Å². The molecule has 0 aliphatic rings. The second kappa shape index (κ2) is 11.0. The van der Waals surface area contributed by atoms with Crippen LogP contribution in [0.3, 0.4) is 0 Å². The van der Waals surface area contributed by atoms with E-state index in [0.717, 1.165) is 5.88 Å². The Morgan fingerprint density at radius 1 is 0.944 bits per heavy atom. The molecule has 0 unspecified atom stereocenters. The monoisotopic (exact) mass is 400 g/mol. The number of ether oxygens (including phenoxy) is 2. The lowest BCUT2D eigenvalue weighted by Crippen LogP contribution is -2.22. The molecular weight excluding hydrogens is 392 g/mol. The van der Waals surface area contributed by atoms with E-state index in [0.29, 0.717) is 0 Å². The van der Waals surface area contributed by atoms with Gasteiger partial charge in [0.05, 0.1) is 0 Å². The Labute approximate surface area is 141 Å². The summed E-state index contributed by atoms with van der Waals surface area (Å²) in [5, 5.41) is 0. The van der Waals surface area contributed by atoms with Crippen LogP contribution in [0.15, 0.2) is 0 Å². The highest BCUT2D eigenvalue weighted by atomic mass is 35.6. The molecule has 18 heavy (non-hydrogen) atoms. The topological polar surface area (TPSA) is 35.5 Å². The average Bonchev–Trinajstić information content (AvgIpc) is 2.09. The summed E-state index contributed by atoms with van der Waals surface area (Å²) in [5.41, 5.74) is 0. The standard InChI is InChI=1S/C5H11Cl.C3Cl6O3/c1-2-3-4-5-6;4-2(5,6)11-1(10)12-3(7,8)9/h2-5H2,1H3;. The molecule has 0 amide bonds. The Morgan fingerprint density at radius 2 is 1.33 bits per heavy atom. The largest absolute Gasteiger partial charge is 0.515 e. The van der Waals surface area contributed by atoms with Crippen molar-refractivity contribution in [3.8, 4) is 0 Å². The van der Waals surface area contributed by atoms with Gasteiger partial charge in [0.1, 0.15) is 0 Å².